The number of aryl methyl sites for hydroxylation is 1. The first-order chi connectivity index (χ1) is 12.3. The summed E-state index contributed by atoms with van der Waals surface area (Å²) in [6.07, 6.45) is 6.87. The largest absolute Gasteiger partial charge is 0.441 e. The highest BCUT2D eigenvalue weighted by molar-refractivity contribution is 6.36. The van der Waals surface area contributed by atoms with Crippen molar-refractivity contribution in [1.82, 2.24) is 10.3 Å². The Morgan fingerprint density at radius 3 is 2.77 bits per heavy atom. The minimum Gasteiger partial charge on any atom is -0.441 e. The number of amides is 1. The van der Waals surface area contributed by atoms with Crippen LogP contribution in [0.3, 0.4) is 0 Å². The van der Waals surface area contributed by atoms with Crippen molar-refractivity contribution < 1.29 is 9.21 Å². The first-order valence-corrected chi connectivity index (χ1v) is 9.81. The molecule has 26 heavy (non-hydrogen) atoms. The summed E-state index contributed by atoms with van der Waals surface area (Å²) in [5, 5.41) is 4.28. The van der Waals surface area contributed by atoms with E-state index < -0.39 is 0 Å². The van der Waals surface area contributed by atoms with E-state index in [-0.39, 0.29) is 11.4 Å². The Balaban J connectivity index is 1.55. The number of nitrogens with one attached hydrogen (secondary N) is 1. The summed E-state index contributed by atoms with van der Waals surface area (Å²) in [6.45, 7) is 4.41. The van der Waals surface area contributed by atoms with Gasteiger partial charge in [-0.3, -0.25) is 4.79 Å². The third-order valence-electron chi connectivity index (χ3n) is 5.14. The van der Waals surface area contributed by atoms with Crippen LogP contribution in [0.4, 0.5) is 0 Å². The van der Waals surface area contributed by atoms with E-state index in [1.54, 1.807) is 24.4 Å². The molecule has 1 aromatic carbocycles. The molecule has 0 bridgehead atoms. The van der Waals surface area contributed by atoms with E-state index in [1.165, 1.54) is 12.8 Å². The number of rotatable bonds is 5. The van der Waals surface area contributed by atoms with Gasteiger partial charge in [0.05, 0.1) is 11.2 Å². The summed E-state index contributed by atoms with van der Waals surface area (Å²) in [7, 11) is 0. The second-order valence-electron chi connectivity index (χ2n) is 7.53. The van der Waals surface area contributed by atoms with E-state index in [0.717, 1.165) is 24.3 Å². The molecule has 0 aliphatic heterocycles. The number of aromatic nitrogens is 1. The Bertz CT molecular complexity index is 780. The molecule has 1 aromatic heterocycles. The monoisotopic (exact) mass is 394 g/mol. The van der Waals surface area contributed by atoms with Crippen LogP contribution in [-0.4, -0.2) is 16.4 Å². The molecule has 1 aliphatic rings. The van der Waals surface area contributed by atoms with Gasteiger partial charge >= 0.3 is 0 Å². The van der Waals surface area contributed by atoms with Gasteiger partial charge in [0.1, 0.15) is 0 Å². The second kappa shape index (κ2) is 8.01. The number of carbonyl (C=O) groups excluding carboxylic acids is 1. The normalized spacial score (nSPS) is 23.0. The zero-order valence-electron chi connectivity index (χ0n) is 15.1. The summed E-state index contributed by atoms with van der Waals surface area (Å²) in [5.41, 5.74) is 0.658. The van der Waals surface area contributed by atoms with Gasteiger partial charge in [0, 0.05) is 29.0 Å². The predicted octanol–water partition coefficient (Wildman–Crippen LogP) is 5.67. The van der Waals surface area contributed by atoms with Gasteiger partial charge in [0.15, 0.2) is 11.7 Å². The molecule has 0 spiro atoms. The zero-order valence-corrected chi connectivity index (χ0v) is 16.7. The molecule has 0 saturated heterocycles. The lowest BCUT2D eigenvalue weighted by molar-refractivity contribution is -0.123. The first kappa shape index (κ1) is 19.2. The van der Waals surface area contributed by atoms with Gasteiger partial charge < -0.3 is 9.73 Å². The van der Waals surface area contributed by atoms with Gasteiger partial charge in [-0.25, -0.2) is 4.98 Å². The van der Waals surface area contributed by atoms with Gasteiger partial charge in [-0.2, -0.15) is 0 Å². The fourth-order valence-electron chi connectivity index (χ4n) is 3.38. The minimum atomic E-state index is -0.0812. The molecule has 4 nitrogen and oxygen atoms in total. The molecule has 140 valence electrons. The summed E-state index contributed by atoms with van der Waals surface area (Å²) in [6, 6.07) is 5.22. The average molecular weight is 395 g/mol. The third-order valence-corrected chi connectivity index (χ3v) is 5.68. The molecule has 1 aliphatic carbocycles. The molecule has 1 fully saturated rings. The van der Waals surface area contributed by atoms with Crippen LogP contribution in [0.1, 0.15) is 51.8 Å². The molecule has 2 aromatic rings. The number of hydrogen-bond acceptors (Lipinski definition) is 3. The van der Waals surface area contributed by atoms with Crippen LogP contribution in [0.25, 0.3) is 11.3 Å². The van der Waals surface area contributed by atoms with E-state index in [9.17, 15) is 4.79 Å². The number of nitrogens with zero attached hydrogens (tertiary/aromatic N) is 1. The number of halogens is 2. The molecule has 6 heteroatoms. The fraction of sp³-hybridized carbons (Fsp3) is 0.500. The Morgan fingerprint density at radius 1 is 1.35 bits per heavy atom. The van der Waals surface area contributed by atoms with Gasteiger partial charge in [0.25, 0.3) is 0 Å². The van der Waals surface area contributed by atoms with Crippen molar-refractivity contribution in [3.05, 3.63) is 40.3 Å². The molecule has 0 atom stereocenters. The van der Waals surface area contributed by atoms with E-state index >= 15 is 0 Å². The highest BCUT2D eigenvalue weighted by Crippen LogP contribution is 2.32. The Labute approximate surface area is 164 Å². The summed E-state index contributed by atoms with van der Waals surface area (Å²) in [5.74, 6) is 1.91. The van der Waals surface area contributed by atoms with Gasteiger partial charge in [0.2, 0.25) is 5.91 Å². The lowest BCUT2D eigenvalue weighted by atomic mass is 9.78. The van der Waals surface area contributed by atoms with Gasteiger partial charge in [-0.1, -0.05) is 30.1 Å². The van der Waals surface area contributed by atoms with Crippen molar-refractivity contribution >= 4 is 29.1 Å². The molecule has 0 unspecified atom stereocenters. The van der Waals surface area contributed by atoms with Crippen LogP contribution in [0.15, 0.2) is 28.8 Å². The molecular formula is C20H24Cl2N2O2. The summed E-state index contributed by atoms with van der Waals surface area (Å²) in [4.78, 5) is 16.6. The van der Waals surface area contributed by atoms with Crippen LogP contribution in [-0.2, 0) is 11.2 Å². The quantitative estimate of drug-likeness (QED) is 0.710. The predicted molar refractivity (Wildman–Crippen MR) is 104 cm³/mol. The molecule has 3 rings (SSSR count). The van der Waals surface area contributed by atoms with Crippen LogP contribution >= 0.6 is 23.2 Å². The highest BCUT2D eigenvalue weighted by Gasteiger charge is 2.30. The van der Waals surface area contributed by atoms with Crippen molar-refractivity contribution in [2.45, 2.75) is 57.9 Å². The van der Waals surface area contributed by atoms with E-state index in [0.29, 0.717) is 34.5 Å². The lowest BCUT2D eigenvalue weighted by Crippen LogP contribution is -2.48. The Kier molecular flexibility index (Phi) is 5.93. The highest BCUT2D eigenvalue weighted by atomic mass is 35.5. The molecule has 1 heterocycles. The SMILES string of the molecule is CC1CCC(C)(NC(=O)CCc2ncc(-c3ccc(Cl)cc3Cl)o2)CC1. The van der Waals surface area contributed by atoms with Crippen LogP contribution in [0.2, 0.25) is 10.0 Å². The first-order valence-electron chi connectivity index (χ1n) is 9.06. The maximum absolute atomic E-state index is 12.3. The Hall–Kier alpha value is -1.52. The van der Waals surface area contributed by atoms with Gasteiger partial charge in [-0.05, 0) is 56.7 Å². The van der Waals surface area contributed by atoms with E-state index in [1.807, 2.05) is 0 Å². The molecular weight excluding hydrogens is 371 g/mol. The minimum absolute atomic E-state index is 0.0475. The van der Waals surface area contributed by atoms with Crippen LogP contribution < -0.4 is 5.32 Å². The van der Waals surface area contributed by atoms with Crippen molar-refractivity contribution in [1.29, 1.82) is 0 Å². The standard InChI is InChI=1S/C20H24Cl2N2O2/c1-13-7-9-20(2,10-8-13)24-18(25)5-6-19-23-12-17(26-19)15-4-3-14(21)11-16(15)22/h3-4,11-13H,5-10H2,1-2H3,(H,24,25). The number of carbonyl (C=O) groups is 1. The molecule has 1 amide bonds. The smallest absolute Gasteiger partial charge is 0.220 e. The van der Waals surface area contributed by atoms with E-state index in [4.69, 9.17) is 27.6 Å². The lowest BCUT2D eigenvalue weighted by Gasteiger charge is -2.37. The van der Waals surface area contributed by atoms with Gasteiger partial charge in [-0.15, -0.1) is 0 Å². The number of benzene rings is 1. The van der Waals surface area contributed by atoms with Crippen LogP contribution in [0.5, 0.6) is 0 Å². The van der Waals surface area contributed by atoms with E-state index in [2.05, 4.69) is 24.1 Å². The molecule has 0 radical (unpaired) electrons. The topological polar surface area (TPSA) is 55.1 Å². The number of hydrogen-bond donors (Lipinski definition) is 1. The van der Waals surface area contributed by atoms with Crippen LogP contribution in [0, 0.1) is 5.92 Å². The zero-order chi connectivity index (χ0) is 18.7. The van der Waals surface area contributed by atoms with Crippen molar-refractivity contribution in [3.8, 4) is 11.3 Å². The van der Waals surface area contributed by atoms with Crippen molar-refractivity contribution in [2.75, 3.05) is 0 Å². The average Bonchev–Trinajstić information content (AvgIpc) is 3.05. The molecule has 1 saturated carbocycles. The fourth-order valence-corrected chi connectivity index (χ4v) is 3.89. The summed E-state index contributed by atoms with van der Waals surface area (Å²) < 4.78 is 5.75. The number of oxazole rings is 1. The second-order valence-corrected chi connectivity index (χ2v) is 8.38. The Morgan fingerprint density at radius 2 is 2.08 bits per heavy atom. The third kappa shape index (κ3) is 4.80. The van der Waals surface area contributed by atoms with Crippen molar-refractivity contribution in [2.24, 2.45) is 5.92 Å². The maximum Gasteiger partial charge on any atom is 0.220 e. The summed E-state index contributed by atoms with van der Waals surface area (Å²) >= 11 is 12.1. The maximum atomic E-state index is 12.3. The molecule has 1 N–H and O–H groups in total. The van der Waals surface area contributed by atoms with Crippen molar-refractivity contribution in [3.63, 3.8) is 0 Å².